The first-order valence-corrected chi connectivity index (χ1v) is 15.9. The molecule has 0 aromatic carbocycles. The quantitative estimate of drug-likeness (QED) is 0.254. The van der Waals surface area contributed by atoms with E-state index in [0.717, 1.165) is 0 Å². The summed E-state index contributed by atoms with van der Waals surface area (Å²) in [5, 5.41) is 17.2. The van der Waals surface area contributed by atoms with E-state index in [4.69, 9.17) is 9.47 Å². The van der Waals surface area contributed by atoms with Crippen LogP contribution in [0.3, 0.4) is 0 Å². The van der Waals surface area contributed by atoms with E-state index in [2.05, 4.69) is 20.6 Å². The molecule has 244 valence electrons. The number of hydrogen-bond donors (Lipinski definition) is 0. The molecule has 44 heavy (non-hydrogen) atoms. The van der Waals surface area contributed by atoms with Crippen LogP contribution in [0.1, 0.15) is 150 Å². The van der Waals surface area contributed by atoms with Crippen LogP contribution in [0.4, 0.5) is 0 Å². The van der Waals surface area contributed by atoms with Gasteiger partial charge >= 0.3 is 0 Å². The molecule has 0 bridgehead atoms. The van der Waals surface area contributed by atoms with Crippen molar-refractivity contribution in [2.24, 2.45) is 23.7 Å². The Bertz CT molecular complexity index is 1250. The van der Waals surface area contributed by atoms with Gasteiger partial charge in [-0.3, -0.25) is 19.2 Å². The maximum Gasteiger partial charge on any atom is 0.188 e. The fraction of sp³-hybridized carbons (Fsp3) is 0.750. The van der Waals surface area contributed by atoms with Gasteiger partial charge in [-0.1, -0.05) is 65.8 Å². The third-order valence-electron chi connectivity index (χ3n) is 7.75. The fourth-order valence-corrected chi connectivity index (χ4v) is 5.54. The van der Waals surface area contributed by atoms with Gasteiger partial charge in [0.2, 0.25) is 0 Å². The lowest BCUT2D eigenvalue weighted by molar-refractivity contribution is -0.117. The first-order chi connectivity index (χ1) is 20.5. The first kappa shape index (κ1) is 35.4. The molecule has 1 aliphatic carbocycles. The third kappa shape index (κ3) is 7.39. The minimum absolute atomic E-state index is 0.0587. The van der Waals surface area contributed by atoms with Crippen LogP contribution in [0.25, 0.3) is 0 Å². The maximum absolute atomic E-state index is 13.6. The molecule has 12 heteroatoms. The molecule has 2 aromatic rings. The number of nitrogens with zero attached hydrogens (tertiary/aromatic N) is 6. The minimum atomic E-state index is -0.523. The van der Waals surface area contributed by atoms with E-state index in [-0.39, 0.29) is 70.0 Å². The van der Waals surface area contributed by atoms with E-state index in [0.29, 0.717) is 12.8 Å². The van der Waals surface area contributed by atoms with E-state index in [9.17, 15) is 19.2 Å². The molecule has 0 radical (unpaired) electrons. The summed E-state index contributed by atoms with van der Waals surface area (Å²) in [5.74, 6) is -2.52. The van der Waals surface area contributed by atoms with Gasteiger partial charge in [0.1, 0.15) is 11.4 Å². The maximum atomic E-state index is 13.6. The molecule has 12 nitrogen and oxygen atoms in total. The summed E-state index contributed by atoms with van der Waals surface area (Å²) in [6.07, 6.45) is -0.795. The highest BCUT2D eigenvalue weighted by molar-refractivity contribution is 6.08. The van der Waals surface area contributed by atoms with Crippen LogP contribution in [0, 0.1) is 23.7 Å². The van der Waals surface area contributed by atoms with Gasteiger partial charge < -0.3 is 9.47 Å². The summed E-state index contributed by atoms with van der Waals surface area (Å²) in [6.45, 7) is 21.8. The molecule has 0 aliphatic heterocycles. The van der Waals surface area contributed by atoms with Gasteiger partial charge in [-0.25, -0.2) is 9.36 Å². The van der Waals surface area contributed by atoms with E-state index < -0.39 is 36.1 Å². The normalized spacial score (nSPS) is 21.0. The Morgan fingerprint density at radius 2 is 0.841 bits per heavy atom. The first-order valence-electron chi connectivity index (χ1n) is 15.9. The van der Waals surface area contributed by atoms with Gasteiger partial charge in [-0.15, -0.1) is 10.2 Å². The van der Waals surface area contributed by atoms with Gasteiger partial charge in [0, 0.05) is 36.5 Å². The van der Waals surface area contributed by atoms with Crippen LogP contribution in [0.5, 0.6) is 0 Å². The Kier molecular flexibility index (Phi) is 11.5. The van der Waals surface area contributed by atoms with Gasteiger partial charge in [0.25, 0.3) is 0 Å². The van der Waals surface area contributed by atoms with E-state index >= 15 is 0 Å². The predicted octanol–water partition coefficient (Wildman–Crippen LogP) is 5.39. The standard InChI is InChI=1S/C32H50N6O6/c1-15(2)29(39)25-27(31(41)17(5)6)37(35-33-25)21-13-24(44-20(11)12)22(14-23(21)43-19(9)10)38-28(32(42)18(7)8)26(34-36-38)30(40)16(3)4/h15-24H,13-14H2,1-12H3. The van der Waals surface area contributed by atoms with E-state index in [1.54, 1.807) is 64.8 Å². The molecule has 0 saturated heterocycles. The summed E-state index contributed by atoms with van der Waals surface area (Å²) in [5.41, 5.74) is 0.458. The SMILES string of the molecule is CC(C)OC1CC(n2nnc(C(=O)C(C)C)c2C(=O)C(C)C)C(OC(C)C)CC1n1nnc(C(=O)C(C)C)c1C(=O)C(C)C. The third-order valence-corrected chi connectivity index (χ3v) is 7.75. The summed E-state index contributed by atoms with van der Waals surface area (Å²) in [7, 11) is 0. The van der Waals surface area contributed by atoms with Crippen LogP contribution in [-0.4, -0.2) is 77.5 Å². The van der Waals surface area contributed by atoms with Crippen molar-refractivity contribution in [1.82, 2.24) is 30.0 Å². The van der Waals surface area contributed by atoms with Crippen molar-refractivity contribution < 1.29 is 28.7 Å². The average molecular weight is 615 g/mol. The zero-order chi connectivity index (χ0) is 33.2. The fourth-order valence-electron chi connectivity index (χ4n) is 5.54. The second kappa shape index (κ2) is 14.3. The van der Waals surface area contributed by atoms with Crippen molar-refractivity contribution in [2.45, 2.75) is 132 Å². The van der Waals surface area contributed by atoms with Crippen molar-refractivity contribution in [3.8, 4) is 0 Å². The van der Waals surface area contributed by atoms with Crippen molar-refractivity contribution in [1.29, 1.82) is 0 Å². The second-order valence-electron chi connectivity index (χ2n) is 13.6. The summed E-state index contributed by atoms with van der Waals surface area (Å²) in [4.78, 5) is 53.5. The lowest BCUT2D eigenvalue weighted by atomic mass is 9.84. The topological polar surface area (TPSA) is 148 Å². The molecular weight excluding hydrogens is 564 g/mol. The predicted molar refractivity (Wildman–Crippen MR) is 164 cm³/mol. The molecule has 0 amide bonds. The Balaban J connectivity index is 2.23. The number of aromatic nitrogens is 6. The van der Waals surface area contributed by atoms with Crippen LogP contribution in [0.2, 0.25) is 0 Å². The molecule has 4 unspecified atom stereocenters. The number of carbonyl (C=O) groups excluding carboxylic acids is 4. The Labute approximate surface area is 260 Å². The van der Waals surface area contributed by atoms with E-state index in [1.807, 2.05) is 27.7 Å². The molecule has 0 spiro atoms. The number of hydrogen-bond acceptors (Lipinski definition) is 10. The lowest BCUT2D eigenvalue weighted by Crippen LogP contribution is -2.46. The number of rotatable bonds is 14. The summed E-state index contributed by atoms with van der Waals surface area (Å²) < 4.78 is 16.0. The van der Waals surface area contributed by atoms with Crippen molar-refractivity contribution in [3.63, 3.8) is 0 Å². The van der Waals surface area contributed by atoms with E-state index in [1.165, 1.54) is 0 Å². The Hall–Kier alpha value is -3.12. The number of Topliss-reactive ketones (excluding diaryl/α,β-unsaturated/α-hetero) is 4. The smallest absolute Gasteiger partial charge is 0.188 e. The molecule has 2 aromatic heterocycles. The molecular formula is C32H50N6O6. The minimum Gasteiger partial charge on any atom is -0.373 e. The van der Waals surface area contributed by atoms with Gasteiger partial charge in [-0.05, 0) is 27.7 Å². The van der Waals surface area contributed by atoms with Crippen LogP contribution in [-0.2, 0) is 9.47 Å². The number of ether oxygens (including phenoxy) is 2. The van der Waals surface area contributed by atoms with Gasteiger partial charge in [-0.2, -0.15) is 0 Å². The molecule has 1 aliphatic rings. The average Bonchev–Trinajstić information content (AvgIpc) is 3.56. The Morgan fingerprint density at radius 3 is 1.09 bits per heavy atom. The summed E-state index contributed by atoms with van der Waals surface area (Å²) >= 11 is 0. The molecule has 4 atom stereocenters. The van der Waals surface area contributed by atoms with Crippen molar-refractivity contribution in [2.75, 3.05) is 0 Å². The lowest BCUT2D eigenvalue weighted by Gasteiger charge is -2.42. The molecule has 1 saturated carbocycles. The van der Waals surface area contributed by atoms with Gasteiger partial charge in [0.05, 0.1) is 36.5 Å². The Morgan fingerprint density at radius 1 is 0.545 bits per heavy atom. The summed E-state index contributed by atoms with van der Waals surface area (Å²) in [6, 6.07) is -1.03. The van der Waals surface area contributed by atoms with Crippen molar-refractivity contribution in [3.05, 3.63) is 22.8 Å². The zero-order valence-electron chi connectivity index (χ0n) is 28.3. The molecule has 0 N–H and O–H groups in total. The highest BCUT2D eigenvalue weighted by Gasteiger charge is 2.46. The van der Waals surface area contributed by atoms with Crippen LogP contribution in [0.15, 0.2) is 0 Å². The highest BCUT2D eigenvalue weighted by Crippen LogP contribution is 2.41. The van der Waals surface area contributed by atoms with Crippen molar-refractivity contribution >= 4 is 23.1 Å². The van der Waals surface area contributed by atoms with Crippen LogP contribution >= 0.6 is 0 Å². The zero-order valence-corrected chi connectivity index (χ0v) is 28.3. The largest absolute Gasteiger partial charge is 0.373 e. The number of ketones is 4. The molecule has 1 fully saturated rings. The monoisotopic (exact) mass is 614 g/mol. The van der Waals surface area contributed by atoms with Gasteiger partial charge in [0.15, 0.2) is 34.5 Å². The second-order valence-corrected chi connectivity index (χ2v) is 13.6. The van der Waals surface area contributed by atoms with Crippen LogP contribution < -0.4 is 0 Å². The highest BCUT2D eigenvalue weighted by atomic mass is 16.5. The number of carbonyl (C=O) groups is 4. The molecule has 2 heterocycles. The molecule has 3 rings (SSSR count).